The number of hydrogen-bond acceptors (Lipinski definition) is 4. The average Bonchev–Trinajstić information content (AvgIpc) is 2.69. The molecule has 0 radical (unpaired) electrons. The van der Waals surface area contributed by atoms with E-state index >= 15 is 0 Å². The molecule has 1 N–H and O–H groups in total. The molecule has 26 heavy (non-hydrogen) atoms. The highest BCUT2D eigenvalue weighted by Gasteiger charge is 2.51. The van der Waals surface area contributed by atoms with Crippen molar-refractivity contribution in [1.29, 1.82) is 0 Å². The summed E-state index contributed by atoms with van der Waals surface area (Å²) in [6, 6.07) is 11.1. The fraction of sp³-hybridized carbons (Fsp3) is 0.500. The number of rotatable bonds is 6. The van der Waals surface area contributed by atoms with Crippen molar-refractivity contribution in [3.05, 3.63) is 53.9 Å². The minimum Gasteiger partial charge on any atom is -0.493 e. The fourth-order valence-corrected chi connectivity index (χ4v) is 5.00. The lowest BCUT2D eigenvalue weighted by molar-refractivity contribution is 0.0253. The molecule has 138 valence electrons. The Kier molecular flexibility index (Phi) is 5.11. The van der Waals surface area contributed by atoms with Gasteiger partial charge < -0.3 is 14.8 Å². The summed E-state index contributed by atoms with van der Waals surface area (Å²) in [5.41, 5.74) is 2.62. The van der Waals surface area contributed by atoms with Gasteiger partial charge >= 0.3 is 0 Å². The van der Waals surface area contributed by atoms with Crippen LogP contribution in [0.5, 0.6) is 11.5 Å². The Bertz CT molecular complexity index is 734. The standard InChI is InChI=1S/C22H28N2O2/c1-25-19-10-9-16(12-20(19)26-2)21-17-7-3-4-8-18(17)22(21)24-14-15-6-5-11-23-13-15/h5-6,9-13,17-18,21-22,24H,3-4,7-8,14H2,1-2H3/t17-,18-,21-,22-/m0/s1. The summed E-state index contributed by atoms with van der Waals surface area (Å²) < 4.78 is 11.0. The van der Waals surface area contributed by atoms with Gasteiger partial charge in [-0.25, -0.2) is 0 Å². The Morgan fingerprint density at radius 2 is 1.85 bits per heavy atom. The van der Waals surface area contributed by atoms with Gasteiger partial charge in [0.1, 0.15) is 0 Å². The lowest BCUT2D eigenvalue weighted by Crippen LogP contribution is -2.57. The Hall–Kier alpha value is -2.07. The monoisotopic (exact) mass is 352 g/mol. The predicted molar refractivity (Wildman–Crippen MR) is 103 cm³/mol. The first kappa shape index (κ1) is 17.3. The van der Waals surface area contributed by atoms with Crippen LogP contribution in [0.25, 0.3) is 0 Å². The van der Waals surface area contributed by atoms with Crippen molar-refractivity contribution >= 4 is 0 Å². The van der Waals surface area contributed by atoms with Crippen LogP contribution < -0.4 is 14.8 Å². The number of nitrogens with one attached hydrogen (secondary N) is 1. The second kappa shape index (κ2) is 7.67. The normalized spacial score (nSPS) is 27.3. The number of ether oxygens (including phenoxy) is 2. The Morgan fingerprint density at radius 3 is 2.58 bits per heavy atom. The van der Waals surface area contributed by atoms with Crippen LogP contribution in [0.15, 0.2) is 42.7 Å². The minimum atomic E-state index is 0.526. The first-order chi connectivity index (χ1) is 12.8. The van der Waals surface area contributed by atoms with Crippen LogP contribution in [-0.2, 0) is 6.54 Å². The van der Waals surface area contributed by atoms with Crippen molar-refractivity contribution in [2.45, 2.75) is 44.2 Å². The minimum absolute atomic E-state index is 0.526. The van der Waals surface area contributed by atoms with E-state index in [-0.39, 0.29) is 0 Å². The van der Waals surface area contributed by atoms with E-state index in [1.807, 2.05) is 24.5 Å². The third kappa shape index (κ3) is 3.18. The quantitative estimate of drug-likeness (QED) is 0.848. The number of methoxy groups -OCH3 is 2. The van der Waals surface area contributed by atoms with Crippen molar-refractivity contribution in [3.63, 3.8) is 0 Å². The molecule has 4 rings (SSSR count). The molecule has 0 spiro atoms. The number of hydrogen-bond donors (Lipinski definition) is 1. The van der Waals surface area contributed by atoms with Crippen molar-refractivity contribution in [3.8, 4) is 11.5 Å². The molecule has 1 aromatic carbocycles. The molecule has 1 heterocycles. The smallest absolute Gasteiger partial charge is 0.160 e. The first-order valence-corrected chi connectivity index (χ1v) is 9.66. The highest BCUT2D eigenvalue weighted by Crippen LogP contribution is 2.55. The molecule has 0 unspecified atom stereocenters. The van der Waals surface area contributed by atoms with Crippen molar-refractivity contribution in [1.82, 2.24) is 10.3 Å². The molecule has 0 aliphatic heterocycles. The van der Waals surface area contributed by atoms with Crippen LogP contribution in [0.1, 0.15) is 42.7 Å². The van der Waals surface area contributed by atoms with Crippen LogP contribution >= 0.6 is 0 Å². The number of nitrogens with zero attached hydrogens (tertiary/aromatic N) is 1. The largest absolute Gasteiger partial charge is 0.493 e. The molecule has 2 aliphatic carbocycles. The van der Waals surface area contributed by atoms with Gasteiger partial charge in [-0.1, -0.05) is 25.0 Å². The summed E-state index contributed by atoms with van der Waals surface area (Å²) in [7, 11) is 3.40. The lowest BCUT2D eigenvalue weighted by atomic mass is 9.53. The van der Waals surface area contributed by atoms with E-state index in [1.165, 1.54) is 36.8 Å². The Labute approximate surface area is 155 Å². The number of pyridine rings is 1. The van der Waals surface area contributed by atoms with Crippen LogP contribution in [0.3, 0.4) is 0 Å². The highest BCUT2D eigenvalue weighted by atomic mass is 16.5. The molecule has 0 amide bonds. The second-order valence-electron chi connectivity index (χ2n) is 7.52. The zero-order valence-electron chi connectivity index (χ0n) is 15.7. The van der Waals surface area contributed by atoms with E-state index in [4.69, 9.17) is 9.47 Å². The fourth-order valence-electron chi connectivity index (χ4n) is 5.00. The maximum Gasteiger partial charge on any atom is 0.160 e. The number of fused-ring (bicyclic) bond motifs is 1. The maximum absolute atomic E-state index is 5.54. The van der Waals surface area contributed by atoms with Crippen LogP contribution in [0.4, 0.5) is 0 Å². The lowest BCUT2D eigenvalue weighted by Gasteiger charge is -2.55. The van der Waals surface area contributed by atoms with E-state index in [0.29, 0.717) is 12.0 Å². The molecular formula is C22H28N2O2. The molecule has 2 aromatic rings. The average molecular weight is 352 g/mol. The first-order valence-electron chi connectivity index (χ1n) is 9.66. The molecule has 2 fully saturated rings. The Morgan fingerprint density at radius 1 is 1.04 bits per heavy atom. The summed E-state index contributed by atoms with van der Waals surface area (Å²) in [5.74, 6) is 3.76. The molecule has 2 aliphatic rings. The van der Waals surface area contributed by atoms with Gasteiger partial charge in [0.2, 0.25) is 0 Å². The summed E-state index contributed by atoms with van der Waals surface area (Å²) in [5, 5.41) is 3.84. The van der Waals surface area contributed by atoms with Gasteiger partial charge in [-0.15, -0.1) is 0 Å². The summed E-state index contributed by atoms with van der Waals surface area (Å²) >= 11 is 0. The zero-order valence-corrected chi connectivity index (χ0v) is 15.7. The molecule has 4 nitrogen and oxygen atoms in total. The summed E-state index contributed by atoms with van der Waals surface area (Å²) in [4.78, 5) is 4.24. The third-order valence-electron chi connectivity index (χ3n) is 6.24. The van der Waals surface area contributed by atoms with Crippen LogP contribution in [-0.4, -0.2) is 25.2 Å². The molecule has 0 bridgehead atoms. The van der Waals surface area contributed by atoms with Crippen molar-refractivity contribution in [2.24, 2.45) is 11.8 Å². The van der Waals surface area contributed by atoms with Gasteiger partial charge in [0, 0.05) is 30.9 Å². The molecule has 1 aromatic heterocycles. The van der Waals surface area contributed by atoms with Gasteiger partial charge in [-0.3, -0.25) is 4.98 Å². The topological polar surface area (TPSA) is 43.4 Å². The molecule has 4 heteroatoms. The van der Waals surface area contributed by atoms with Gasteiger partial charge in [0.25, 0.3) is 0 Å². The van der Waals surface area contributed by atoms with E-state index in [9.17, 15) is 0 Å². The van der Waals surface area contributed by atoms with Gasteiger partial charge in [-0.05, 0) is 54.0 Å². The maximum atomic E-state index is 5.54. The predicted octanol–water partition coefficient (Wildman–Crippen LogP) is 4.16. The van der Waals surface area contributed by atoms with Gasteiger partial charge in [0.15, 0.2) is 11.5 Å². The molecule has 2 saturated carbocycles. The molecule has 4 atom stereocenters. The van der Waals surface area contributed by atoms with Crippen molar-refractivity contribution < 1.29 is 9.47 Å². The van der Waals surface area contributed by atoms with E-state index in [1.54, 1.807) is 14.2 Å². The summed E-state index contributed by atoms with van der Waals surface area (Å²) in [6.07, 6.45) is 9.20. The zero-order chi connectivity index (χ0) is 17.9. The third-order valence-corrected chi connectivity index (χ3v) is 6.24. The summed E-state index contributed by atoms with van der Waals surface area (Å²) in [6.45, 7) is 0.880. The number of benzene rings is 1. The molecular weight excluding hydrogens is 324 g/mol. The Balaban J connectivity index is 1.55. The van der Waals surface area contributed by atoms with Gasteiger partial charge in [0.05, 0.1) is 14.2 Å². The highest BCUT2D eigenvalue weighted by molar-refractivity contribution is 5.45. The van der Waals surface area contributed by atoms with Gasteiger partial charge in [-0.2, -0.15) is 0 Å². The van der Waals surface area contributed by atoms with E-state index in [2.05, 4.69) is 28.5 Å². The van der Waals surface area contributed by atoms with E-state index in [0.717, 1.165) is 29.9 Å². The SMILES string of the molecule is COc1ccc([C@H]2[C@H]3CCCC[C@@H]3[C@@H]2NCc2cccnc2)cc1OC. The van der Waals surface area contributed by atoms with E-state index < -0.39 is 0 Å². The molecule has 0 saturated heterocycles. The van der Waals surface area contributed by atoms with Crippen LogP contribution in [0, 0.1) is 11.8 Å². The second-order valence-corrected chi connectivity index (χ2v) is 7.52. The van der Waals surface area contributed by atoms with Crippen molar-refractivity contribution in [2.75, 3.05) is 14.2 Å². The van der Waals surface area contributed by atoms with Crippen LogP contribution in [0.2, 0.25) is 0 Å². The number of aromatic nitrogens is 1.